The molecule has 0 fully saturated rings. The average Bonchev–Trinajstić information content (AvgIpc) is 2.74. The molecular weight excluding hydrogens is 364 g/mol. The molecule has 2 aromatic carbocycles. The molecule has 0 N–H and O–H groups in total. The minimum atomic E-state index is 0.659. The molecule has 0 aliphatic heterocycles. The summed E-state index contributed by atoms with van der Waals surface area (Å²) in [5.41, 5.74) is 2.75. The maximum atomic E-state index is 6.15. The summed E-state index contributed by atoms with van der Waals surface area (Å²) >= 11 is 0. The number of hydrogen-bond donors (Lipinski definition) is 0. The van der Waals surface area contributed by atoms with Crippen molar-refractivity contribution in [1.29, 1.82) is 0 Å². The zero-order valence-electron chi connectivity index (χ0n) is 17.8. The van der Waals surface area contributed by atoms with Gasteiger partial charge in [-0.1, -0.05) is 6.92 Å². The van der Waals surface area contributed by atoms with Crippen LogP contribution in [0, 0.1) is 0 Å². The lowest BCUT2D eigenvalue weighted by Crippen LogP contribution is -2.15. The van der Waals surface area contributed by atoms with E-state index in [1.54, 1.807) is 7.11 Å². The summed E-state index contributed by atoms with van der Waals surface area (Å²) in [7, 11) is 5.80. The van der Waals surface area contributed by atoms with Crippen molar-refractivity contribution in [1.82, 2.24) is 9.88 Å². The van der Waals surface area contributed by atoms with Crippen molar-refractivity contribution in [3.63, 3.8) is 0 Å². The van der Waals surface area contributed by atoms with E-state index in [2.05, 4.69) is 25.9 Å². The molecule has 29 heavy (non-hydrogen) atoms. The Bertz CT molecular complexity index is 923. The molecule has 0 radical (unpaired) electrons. The van der Waals surface area contributed by atoms with Gasteiger partial charge in [-0.2, -0.15) is 0 Å². The first-order chi connectivity index (χ1) is 14.1. The predicted molar refractivity (Wildman–Crippen MR) is 118 cm³/mol. The number of hydrogen-bond acceptors (Lipinski definition) is 5. The van der Waals surface area contributed by atoms with Gasteiger partial charge >= 0.3 is 0 Å². The Kier molecular flexibility index (Phi) is 7.30. The third kappa shape index (κ3) is 5.61. The second-order valence-electron chi connectivity index (χ2n) is 7.27. The van der Waals surface area contributed by atoms with E-state index in [9.17, 15) is 0 Å². The highest BCUT2D eigenvalue weighted by atomic mass is 16.5. The Balaban J connectivity index is 1.91. The fourth-order valence-electron chi connectivity index (χ4n) is 3.08. The summed E-state index contributed by atoms with van der Waals surface area (Å²) in [5.74, 6) is 2.50. The first-order valence-electron chi connectivity index (χ1n) is 10.1. The summed E-state index contributed by atoms with van der Waals surface area (Å²) in [6, 6.07) is 16.0. The van der Waals surface area contributed by atoms with Crippen LogP contribution in [0.15, 0.2) is 48.5 Å². The van der Waals surface area contributed by atoms with Crippen LogP contribution >= 0.6 is 0 Å². The molecule has 5 nitrogen and oxygen atoms in total. The van der Waals surface area contributed by atoms with E-state index >= 15 is 0 Å². The molecule has 0 atom stereocenters. The van der Waals surface area contributed by atoms with Crippen LogP contribution in [0.3, 0.4) is 0 Å². The molecule has 1 aromatic heterocycles. The highest BCUT2D eigenvalue weighted by Gasteiger charge is 2.10. The highest BCUT2D eigenvalue weighted by molar-refractivity contribution is 5.89. The lowest BCUT2D eigenvalue weighted by Gasteiger charge is -2.14. The quantitative estimate of drug-likeness (QED) is 0.451. The van der Waals surface area contributed by atoms with Crippen molar-refractivity contribution in [2.45, 2.75) is 19.8 Å². The molecule has 0 amide bonds. The van der Waals surface area contributed by atoms with Crippen LogP contribution in [0.25, 0.3) is 22.2 Å². The van der Waals surface area contributed by atoms with Gasteiger partial charge in [-0.15, -0.1) is 0 Å². The number of nitrogens with zero attached hydrogens (tertiary/aromatic N) is 2. The molecule has 0 unspecified atom stereocenters. The third-order valence-electron chi connectivity index (χ3n) is 4.61. The summed E-state index contributed by atoms with van der Waals surface area (Å²) < 4.78 is 17.2. The van der Waals surface area contributed by atoms with Gasteiger partial charge in [0, 0.05) is 29.6 Å². The fourth-order valence-corrected chi connectivity index (χ4v) is 3.08. The topological polar surface area (TPSA) is 43.8 Å². The molecule has 0 saturated carbocycles. The van der Waals surface area contributed by atoms with Crippen LogP contribution in [0.5, 0.6) is 17.2 Å². The van der Waals surface area contributed by atoms with Crippen molar-refractivity contribution < 1.29 is 14.2 Å². The monoisotopic (exact) mass is 394 g/mol. The molecule has 0 aliphatic rings. The zero-order valence-corrected chi connectivity index (χ0v) is 17.8. The molecule has 0 spiro atoms. The summed E-state index contributed by atoms with van der Waals surface area (Å²) in [6.45, 7) is 4.47. The Morgan fingerprint density at radius 2 is 1.66 bits per heavy atom. The van der Waals surface area contributed by atoms with Gasteiger partial charge in [-0.3, -0.25) is 0 Å². The van der Waals surface area contributed by atoms with Crippen LogP contribution < -0.4 is 14.2 Å². The van der Waals surface area contributed by atoms with Crippen LogP contribution in [0.4, 0.5) is 0 Å². The Labute approximate surface area is 173 Å². The number of pyridine rings is 1. The van der Waals surface area contributed by atoms with Crippen molar-refractivity contribution in [3.05, 3.63) is 48.5 Å². The van der Waals surface area contributed by atoms with E-state index in [1.807, 2.05) is 48.5 Å². The smallest absolute Gasteiger partial charge is 0.130 e. The van der Waals surface area contributed by atoms with Crippen molar-refractivity contribution in [2.75, 3.05) is 41.0 Å². The lowest BCUT2D eigenvalue weighted by atomic mass is 10.1. The minimum Gasteiger partial charge on any atom is -0.497 e. The van der Waals surface area contributed by atoms with E-state index < -0.39 is 0 Å². The molecule has 3 rings (SSSR count). The molecule has 154 valence electrons. The van der Waals surface area contributed by atoms with E-state index in [-0.39, 0.29) is 0 Å². The van der Waals surface area contributed by atoms with Crippen LogP contribution in [0.1, 0.15) is 19.8 Å². The van der Waals surface area contributed by atoms with Gasteiger partial charge in [0.2, 0.25) is 0 Å². The first kappa shape index (κ1) is 20.9. The zero-order chi connectivity index (χ0) is 20.6. The van der Waals surface area contributed by atoms with Gasteiger partial charge in [0.05, 0.1) is 31.5 Å². The number of rotatable bonds is 10. The number of benzene rings is 2. The van der Waals surface area contributed by atoms with Crippen LogP contribution in [-0.2, 0) is 0 Å². The summed E-state index contributed by atoms with van der Waals surface area (Å²) in [6.07, 6.45) is 1.95. The fraction of sp³-hybridized carbons (Fsp3) is 0.375. The molecule has 3 aromatic rings. The molecule has 0 aliphatic carbocycles. The minimum absolute atomic E-state index is 0.659. The maximum Gasteiger partial charge on any atom is 0.130 e. The Morgan fingerprint density at radius 1 is 0.897 bits per heavy atom. The molecule has 5 heteroatoms. The third-order valence-corrected chi connectivity index (χ3v) is 4.61. The van der Waals surface area contributed by atoms with Gasteiger partial charge < -0.3 is 19.1 Å². The molecule has 0 saturated heterocycles. The Morgan fingerprint density at radius 3 is 2.34 bits per heavy atom. The van der Waals surface area contributed by atoms with Crippen molar-refractivity contribution in [3.8, 4) is 28.5 Å². The van der Waals surface area contributed by atoms with Crippen molar-refractivity contribution in [2.24, 2.45) is 0 Å². The maximum absolute atomic E-state index is 6.15. The number of methoxy groups -OCH3 is 1. The second kappa shape index (κ2) is 10.1. The highest BCUT2D eigenvalue weighted by Crippen LogP contribution is 2.32. The van der Waals surface area contributed by atoms with Gasteiger partial charge in [-0.25, -0.2) is 4.98 Å². The van der Waals surface area contributed by atoms with E-state index in [1.165, 1.54) is 0 Å². The normalized spacial score (nSPS) is 11.1. The summed E-state index contributed by atoms with van der Waals surface area (Å²) in [5, 5.41) is 0.988. The first-order valence-corrected chi connectivity index (χ1v) is 10.1. The lowest BCUT2D eigenvalue weighted by molar-refractivity contribution is 0.284. The standard InChI is InChI=1S/C24H30N2O3/c1-5-14-28-19-9-7-18(8-10-19)22-17-24(29-15-6-13-26(2)3)21-12-11-20(27-4)16-23(21)25-22/h7-12,16-17H,5-6,13-15H2,1-4H3. The van der Waals surface area contributed by atoms with Crippen molar-refractivity contribution >= 4 is 10.9 Å². The van der Waals surface area contributed by atoms with E-state index in [0.29, 0.717) is 6.61 Å². The predicted octanol–water partition coefficient (Wildman–Crippen LogP) is 5.03. The van der Waals surface area contributed by atoms with E-state index in [4.69, 9.17) is 19.2 Å². The molecule has 0 bridgehead atoms. The number of ether oxygens (including phenoxy) is 3. The van der Waals surface area contributed by atoms with E-state index in [0.717, 1.165) is 65.4 Å². The second-order valence-corrected chi connectivity index (χ2v) is 7.27. The largest absolute Gasteiger partial charge is 0.497 e. The number of fused-ring (bicyclic) bond motifs is 1. The molecule has 1 heterocycles. The van der Waals surface area contributed by atoms with Gasteiger partial charge in [0.15, 0.2) is 0 Å². The SMILES string of the molecule is CCCOc1ccc(-c2cc(OCCCN(C)C)c3ccc(OC)cc3n2)cc1. The summed E-state index contributed by atoms with van der Waals surface area (Å²) in [4.78, 5) is 7.01. The molecular formula is C24H30N2O3. The Hall–Kier alpha value is -2.79. The van der Waals surface area contributed by atoms with Crippen LogP contribution in [-0.4, -0.2) is 50.8 Å². The van der Waals surface area contributed by atoms with Gasteiger partial charge in [0.1, 0.15) is 17.2 Å². The van der Waals surface area contributed by atoms with Crippen LogP contribution in [0.2, 0.25) is 0 Å². The van der Waals surface area contributed by atoms with Gasteiger partial charge in [-0.05, 0) is 63.3 Å². The number of aromatic nitrogens is 1. The average molecular weight is 395 g/mol. The van der Waals surface area contributed by atoms with Gasteiger partial charge in [0.25, 0.3) is 0 Å².